The minimum atomic E-state index is -0.954. The van der Waals surface area contributed by atoms with Gasteiger partial charge in [-0.1, -0.05) is 0 Å². The van der Waals surface area contributed by atoms with Gasteiger partial charge in [0.15, 0.2) is 11.5 Å². The Hall–Kier alpha value is -4.20. The Labute approximate surface area is 196 Å². The first-order valence-corrected chi connectivity index (χ1v) is 10.9. The van der Waals surface area contributed by atoms with Gasteiger partial charge in [-0.15, -0.1) is 0 Å². The molecule has 8 nitrogen and oxygen atoms in total. The Kier molecular flexibility index (Phi) is 5.49. The lowest BCUT2D eigenvalue weighted by Gasteiger charge is -2.25. The number of hydrogen-bond acceptors (Lipinski definition) is 7. The number of hydrogen-bond donors (Lipinski definition) is 1. The lowest BCUT2D eigenvalue weighted by Crippen LogP contribution is -2.29. The van der Waals surface area contributed by atoms with Gasteiger partial charge in [-0.25, -0.2) is 0 Å². The van der Waals surface area contributed by atoms with Gasteiger partial charge in [0, 0.05) is 17.3 Å². The number of Topliss-reactive ketones (excluding diaryl/α,β-unsaturated/α-hetero) is 1. The number of ketones is 1. The number of fused-ring (bicyclic) bond motifs is 1. The number of carbonyl (C=O) groups excluding carboxylic acids is 2. The van der Waals surface area contributed by atoms with Gasteiger partial charge in [-0.2, -0.15) is 0 Å². The van der Waals surface area contributed by atoms with Crippen LogP contribution in [0.3, 0.4) is 0 Å². The molecule has 2 aromatic carbocycles. The van der Waals surface area contributed by atoms with E-state index < -0.39 is 17.7 Å². The molecular formula is C26H23NO7. The highest BCUT2D eigenvalue weighted by atomic mass is 16.6. The first kappa shape index (κ1) is 21.6. The Bertz CT molecular complexity index is 1260. The number of ether oxygens (including phenoxy) is 3. The summed E-state index contributed by atoms with van der Waals surface area (Å²) >= 11 is 0. The summed E-state index contributed by atoms with van der Waals surface area (Å²) in [6, 6.07) is 14.1. The van der Waals surface area contributed by atoms with Crippen LogP contribution in [0.5, 0.6) is 17.2 Å². The van der Waals surface area contributed by atoms with Gasteiger partial charge in [0.1, 0.15) is 36.5 Å². The molecule has 3 heterocycles. The van der Waals surface area contributed by atoms with Crippen LogP contribution >= 0.6 is 0 Å². The lowest BCUT2D eigenvalue weighted by atomic mass is 9.99. The van der Waals surface area contributed by atoms with Crippen molar-refractivity contribution in [3.63, 3.8) is 0 Å². The van der Waals surface area contributed by atoms with E-state index >= 15 is 0 Å². The summed E-state index contributed by atoms with van der Waals surface area (Å²) in [6.45, 7) is 4.64. The zero-order chi connectivity index (χ0) is 23.8. The van der Waals surface area contributed by atoms with Crippen LogP contribution in [-0.2, 0) is 9.59 Å². The molecule has 0 saturated carbocycles. The van der Waals surface area contributed by atoms with Crippen molar-refractivity contribution in [1.29, 1.82) is 0 Å². The van der Waals surface area contributed by atoms with Crippen molar-refractivity contribution < 1.29 is 33.3 Å². The Morgan fingerprint density at radius 3 is 2.44 bits per heavy atom. The summed E-state index contributed by atoms with van der Waals surface area (Å²) in [7, 11) is 0. The van der Waals surface area contributed by atoms with E-state index in [9.17, 15) is 14.7 Å². The average molecular weight is 461 g/mol. The topological polar surface area (TPSA) is 98.4 Å². The second kappa shape index (κ2) is 8.62. The van der Waals surface area contributed by atoms with Gasteiger partial charge in [0.25, 0.3) is 11.7 Å². The minimum absolute atomic E-state index is 0.00489. The highest BCUT2D eigenvalue weighted by molar-refractivity contribution is 6.51. The molecule has 174 valence electrons. The van der Waals surface area contributed by atoms with Crippen molar-refractivity contribution in [2.45, 2.75) is 26.0 Å². The second-order valence-electron chi connectivity index (χ2n) is 8.20. The normalized spacial score (nSPS) is 19.0. The minimum Gasteiger partial charge on any atom is -0.507 e. The first-order chi connectivity index (χ1) is 16.4. The number of nitrogens with zero attached hydrogens (tertiary/aromatic N) is 1. The molecule has 0 aliphatic carbocycles. The molecule has 1 amide bonds. The van der Waals surface area contributed by atoms with Gasteiger partial charge in [-0.3, -0.25) is 14.5 Å². The summed E-state index contributed by atoms with van der Waals surface area (Å²) in [5.74, 6) is 0.127. The van der Waals surface area contributed by atoms with E-state index in [0.29, 0.717) is 47.5 Å². The van der Waals surface area contributed by atoms with Crippen LogP contribution in [0, 0.1) is 0 Å². The first-order valence-electron chi connectivity index (χ1n) is 10.9. The van der Waals surface area contributed by atoms with Crippen molar-refractivity contribution in [2.24, 2.45) is 0 Å². The zero-order valence-corrected chi connectivity index (χ0v) is 18.7. The summed E-state index contributed by atoms with van der Waals surface area (Å²) in [5, 5.41) is 11.2. The van der Waals surface area contributed by atoms with E-state index in [4.69, 9.17) is 18.6 Å². The lowest BCUT2D eigenvalue weighted by molar-refractivity contribution is -0.132. The maximum atomic E-state index is 13.2. The fourth-order valence-corrected chi connectivity index (χ4v) is 4.12. The molecule has 1 atom stereocenters. The molecule has 1 aromatic heterocycles. The van der Waals surface area contributed by atoms with E-state index in [1.165, 1.54) is 11.2 Å². The fraction of sp³-hybridized carbons (Fsp3) is 0.231. The summed E-state index contributed by atoms with van der Waals surface area (Å²) in [6.07, 6.45) is 1.45. The number of rotatable bonds is 5. The fourth-order valence-electron chi connectivity index (χ4n) is 4.12. The summed E-state index contributed by atoms with van der Waals surface area (Å²) in [5.41, 5.74) is 0.743. The number of anilines is 1. The standard InChI is InChI=1S/C26H23NO7/c1-15(2)34-18-8-5-16(6-9-18)24(28)22-23(20-4-3-11-31-20)27(26(30)25(22)29)17-7-10-19-21(14-17)33-13-12-32-19/h3-11,14-15,23,28H,12-13H2,1-2H3/b24-22-. The number of aliphatic hydroxyl groups excluding tert-OH is 1. The largest absolute Gasteiger partial charge is 0.507 e. The van der Waals surface area contributed by atoms with Crippen LogP contribution in [0.25, 0.3) is 5.76 Å². The number of benzene rings is 2. The predicted molar refractivity (Wildman–Crippen MR) is 123 cm³/mol. The van der Waals surface area contributed by atoms with Crippen LogP contribution in [0.15, 0.2) is 70.9 Å². The second-order valence-corrected chi connectivity index (χ2v) is 8.20. The molecule has 1 fully saturated rings. The van der Waals surface area contributed by atoms with Gasteiger partial charge in [0.2, 0.25) is 0 Å². The molecule has 0 radical (unpaired) electrons. The molecule has 2 aliphatic rings. The van der Waals surface area contributed by atoms with E-state index in [-0.39, 0.29) is 17.4 Å². The summed E-state index contributed by atoms with van der Waals surface area (Å²) < 4.78 is 22.5. The number of amides is 1. The molecule has 0 spiro atoms. The molecule has 5 rings (SSSR count). The Morgan fingerprint density at radius 2 is 1.76 bits per heavy atom. The third-order valence-corrected chi connectivity index (χ3v) is 5.56. The number of furan rings is 1. The van der Waals surface area contributed by atoms with E-state index in [0.717, 1.165) is 0 Å². The average Bonchev–Trinajstić information content (AvgIpc) is 3.45. The van der Waals surface area contributed by atoms with Crippen LogP contribution in [-0.4, -0.2) is 36.1 Å². The third-order valence-electron chi connectivity index (χ3n) is 5.56. The Morgan fingerprint density at radius 1 is 1.03 bits per heavy atom. The zero-order valence-electron chi connectivity index (χ0n) is 18.7. The van der Waals surface area contributed by atoms with Crippen LogP contribution in [0.4, 0.5) is 5.69 Å². The van der Waals surface area contributed by atoms with Crippen LogP contribution in [0.1, 0.15) is 31.2 Å². The van der Waals surface area contributed by atoms with Crippen molar-refractivity contribution >= 4 is 23.1 Å². The maximum absolute atomic E-state index is 13.2. The van der Waals surface area contributed by atoms with Crippen molar-refractivity contribution in [3.05, 3.63) is 77.8 Å². The predicted octanol–water partition coefficient (Wildman–Crippen LogP) is 4.46. The molecule has 1 N–H and O–H groups in total. The number of aliphatic hydroxyl groups is 1. The third kappa shape index (κ3) is 3.77. The van der Waals surface area contributed by atoms with Crippen LogP contribution in [0.2, 0.25) is 0 Å². The van der Waals surface area contributed by atoms with Gasteiger partial charge in [-0.05, 0) is 62.4 Å². The van der Waals surface area contributed by atoms with Gasteiger partial charge >= 0.3 is 0 Å². The van der Waals surface area contributed by atoms with Crippen molar-refractivity contribution in [2.75, 3.05) is 18.1 Å². The highest BCUT2D eigenvalue weighted by Crippen LogP contribution is 2.44. The summed E-state index contributed by atoms with van der Waals surface area (Å²) in [4.78, 5) is 27.7. The monoisotopic (exact) mass is 461 g/mol. The maximum Gasteiger partial charge on any atom is 0.300 e. The van der Waals surface area contributed by atoms with E-state index in [2.05, 4.69) is 0 Å². The van der Waals surface area contributed by atoms with E-state index in [1.54, 1.807) is 54.6 Å². The molecule has 2 aliphatic heterocycles. The number of carbonyl (C=O) groups is 2. The molecule has 1 saturated heterocycles. The van der Waals surface area contributed by atoms with Gasteiger partial charge < -0.3 is 23.7 Å². The van der Waals surface area contributed by atoms with Crippen molar-refractivity contribution in [1.82, 2.24) is 0 Å². The Balaban J connectivity index is 1.60. The van der Waals surface area contributed by atoms with Gasteiger partial charge in [0.05, 0.1) is 17.9 Å². The van der Waals surface area contributed by atoms with Crippen molar-refractivity contribution in [3.8, 4) is 17.2 Å². The molecule has 0 bridgehead atoms. The molecule has 34 heavy (non-hydrogen) atoms. The van der Waals surface area contributed by atoms with E-state index in [1.807, 2.05) is 13.8 Å². The van der Waals surface area contributed by atoms with Crippen LogP contribution < -0.4 is 19.1 Å². The quantitative estimate of drug-likeness (QED) is 0.340. The molecule has 1 unspecified atom stereocenters. The molecule has 3 aromatic rings. The highest BCUT2D eigenvalue weighted by Gasteiger charge is 2.48. The smallest absolute Gasteiger partial charge is 0.300 e. The molecular weight excluding hydrogens is 438 g/mol. The molecule has 8 heteroatoms. The SMILES string of the molecule is CC(C)Oc1ccc(/C(O)=C2/C(=O)C(=O)N(c3ccc4c(c3)OCCO4)C2c2ccco2)cc1.